The number of rotatable bonds is 6. The number of primary amides is 1. The van der Waals surface area contributed by atoms with E-state index in [4.69, 9.17) is 19.9 Å². The number of nitrogens with one attached hydrogen (secondary N) is 1. The Labute approximate surface area is 198 Å². The maximum absolute atomic E-state index is 13.2. The molecule has 0 bridgehead atoms. The standard InChI is InChI=1S/C25H19N3O5S/c26-23(30)18-9-11-34-24(18)28-20(29)13-33-25(31)21-16-5-1-2-6-19(16)27-22-14(7-8-17(21)22)12-15-4-3-10-32-15/h1-6,9-12H,7-8,13H2,(H2,26,30)(H,28,29)/b14-12+. The second-order valence-corrected chi connectivity index (χ2v) is 8.58. The minimum Gasteiger partial charge on any atom is -0.465 e. The van der Waals surface area contributed by atoms with Gasteiger partial charge in [-0.15, -0.1) is 11.3 Å². The van der Waals surface area contributed by atoms with Crippen LogP contribution >= 0.6 is 11.3 Å². The van der Waals surface area contributed by atoms with E-state index in [1.165, 1.54) is 6.07 Å². The summed E-state index contributed by atoms with van der Waals surface area (Å²) in [6, 6.07) is 12.5. The van der Waals surface area contributed by atoms with Crippen molar-refractivity contribution in [2.45, 2.75) is 12.8 Å². The molecule has 0 unspecified atom stereocenters. The van der Waals surface area contributed by atoms with Gasteiger partial charge in [0.05, 0.1) is 28.6 Å². The molecule has 0 saturated heterocycles. The number of pyridine rings is 1. The molecule has 9 heteroatoms. The molecule has 170 valence electrons. The normalized spacial score (nSPS) is 13.7. The molecule has 34 heavy (non-hydrogen) atoms. The average molecular weight is 474 g/mol. The van der Waals surface area contributed by atoms with Crippen molar-refractivity contribution in [3.8, 4) is 0 Å². The second-order valence-electron chi connectivity index (χ2n) is 7.67. The van der Waals surface area contributed by atoms with Crippen LogP contribution in [-0.4, -0.2) is 29.4 Å². The summed E-state index contributed by atoms with van der Waals surface area (Å²) >= 11 is 1.16. The van der Waals surface area contributed by atoms with Crippen LogP contribution in [0, 0.1) is 0 Å². The number of hydrogen-bond acceptors (Lipinski definition) is 7. The molecule has 1 aliphatic carbocycles. The summed E-state index contributed by atoms with van der Waals surface area (Å²) in [5, 5.41) is 5.19. The summed E-state index contributed by atoms with van der Waals surface area (Å²) in [4.78, 5) is 41.8. The van der Waals surface area contributed by atoms with Crippen molar-refractivity contribution in [3.05, 3.63) is 82.3 Å². The molecule has 0 radical (unpaired) electrons. The van der Waals surface area contributed by atoms with Gasteiger partial charge in [0.25, 0.3) is 11.8 Å². The lowest BCUT2D eigenvalue weighted by Gasteiger charge is -2.12. The Bertz CT molecular complexity index is 1450. The van der Waals surface area contributed by atoms with Crippen molar-refractivity contribution in [1.82, 2.24) is 4.98 Å². The molecule has 0 aliphatic heterocycles. The van der Waals surface area contributed by atoms with E-state index >= 15 is 0 Å². The molecular weight excluding hydrogens is 454 g/mol. The Morgan fingerprint density at radius 1 is 1.15 bits per heavy atom. The van der Waals surface area contributed by atoms with Crippen LogP contribution < -0.4 is 11.1 Å². The summed E-state index contributed by atoms with van der Waals surface area (Å²) < 4.78 is 10.8. The number of anilines is 1. The van der Waals surface area contributed by atoms with Crippen molar-refractivity contribution in [1.29, 1.82) is 0 Å². The Balaban J connectivity index is 1.42. The number of nitrogens with two attached hydrogens (primary N) is 1. The molecule has 0 spiro atoms. The van der Waals surface area contributed by atoms with Gasteiger partial charge >= 0.3 is 5.97 Å². The molecule has 1 aromatic carbocycles. The SMILES string of the molecule is NC(=O)c1ccsc1NC(=O)COC(=O)c1c2c(nc3ccccc13)/C(=C/c1ccco1)CC2. The van der Waals surface area contributed by atoms with Gasteiger partial charge in [-0.25, -0.2) is 9.78 Å². The third kappa shape index (κ3) is 4.08. The monoisotopic (exact) mass is 473 g/mol. The number of ether oxygens (including phenoxy) is 1. The zero-order valence-electron chi connectivity index (χ0n) is 17.9. The number of thiophene rings is 1. The smallest absolute Gasteiger partial charge is 0.339 e. The number of benzene rings is 1. The summed E-state index contributed by atoms with van der Waals surface area (Å²) in [5.74, 6) is -1.11. The number of allylic oxidation sites excluding steroid dienone is 1. The van der Waals surface area contributed by atoms with Crippen molar-refractivity contribution in [2.75, 3.05) is 11.9 Å². The number of furan rings is 1. The maximum Gasteiger partial charge on any atom is 0.339 e. The van der Waals surface area contributed by atoms with Crippen LogP contribution in [0.4, 0.5) is 5.00 Å². The highest BCUT2D eigenvalue weighted by Gasteiger charge is 2.28. The number of amides is 2. The van der Waals surface area contributed by atoms with Crippen LogP contribution in [0.15, 0.2) is 58.5 Å². The van der Waals surface area contributed by atoms with Crippen LogP contribution in [0.2, 0.25) is 0 Å². The van der Waals surface area contributed by atoms with E-state index in [1.807, 2.05) is 42.5 Å². The minimum atomic E-state index is -0.647. The fraction of sp³-hybridized carbons (Fsp3) is 0.120. The van der Waals surface area contributed by atoms with Gasteiger partial charge in [-0.1, -0.05) is 18.2 Å². The van der Waals surface area contributed by atoms with Gasteiger partial charge in [0, 0.05) is 5.39 Å². The first-order chi connectivity index (χ1) is 16.5. The van der Waals surface area contributed by atoms with Gasteiger partial charge in [0.2, 0.25) is 0 Å². The highest BCUT2D eigenvalue weighted by Crippen LogP contribution is 2.37. The van der Waals surface area contributed by atoms with Crippen LogP contribution in [-0.2, 0) is 16.0 Å². The lowest BCUT2D eigenvalue weighted by Crippen LogP contribution is -2.23. The highest BCUT2D eigenvalue weighted by atomic mass is 32.1. The molecule has 0 fully saturated rings. The zero-order chi connectivity index (χ0) is 23.7. The van der Waals surface area contributed by atoms with E-state index < -0.39 is 24.4 Å². The number of carbonyl (C=O) groups excluding carboxylic acids is 3. The van der Waals surface area contributed by atoms with Gasteiger partial charge in [0.15, 0.2) is 6.61 Å². The molecule has 0 atom stereocenters. The Morgan fingerprint density at radius 3 is 2.79 bits per heavy atom. The molecule has 3 N–H and O–H groups in total. The fourth-order valence-corrected chi connectivity index (χ4v) is 4.83. The van der Waals surface area contributed by atoms with Gasteiger partial charge in [-0.3, -0.25) is 9.59 Å². The lowest BCUT2D eigenvalue weighted by atomic mass is 10.0. The molecular formula is C25H19N3O5S. The summed E-state index contributed by atoms with van der Waals surface area (Å²) in [5.41, 5.74) is 9.07. The van der Waals surface area contributed by atoms with E-state index in [1.54, 1.807) is 11.6 Å². The molecule has 4 aromatic rings. The number of carbonyl (C=O) groups is 3. The van der Waals surface area contributed by atoms with Crippen molar-refractivity contribution in [3.63, 3.8) is 0 Å². The molecule has 5 rings (SSSR count). The van der Waals surface area contributed by atoms with Crippen LogP contribution in [0.3, 0.4) is 0 Å². The maximum atomic E-state index is 13.2. The molecule has 0 saturated carbocycles. The van der Waals surface area contributed by atoms with Crippen LogP contribution in [0.1, 0.15) is 44.2 Å². The van der Waals surface area contributed by atoms with Gasteiger partial charge in [0.1, 0.15) is 10.8 Å². The highest BCUT2D eigenvalue weighted by molar-refractivity contribution is 7.14. The lowest BCUT2D eigenvalue weighted by molar-refractivity contribution is -0.119. The Morgan fingerprint density at radius 2 is 2.00 bits per heavy atom. The largest absolute Gasteiger partial charge is 0.465 e. The van der Waals surface area contributed by atoms with Crippen LogP contribution in [0.5, 0.6) is 0 Å². The molecule has 3 aromatic heterocycles. The van der Waals surface area contributed by atoms with E-state index in [-0.39, 0.29) is 5.56 Å². The molecule has 3 heterocycles. The van der Waals surface area contributed by atoms with Crippen molar-refractivity contribution >= 4 is 56.7 Å². The quantitative estimate of drug-likeness (QED) is 0.403. The van der Waals surface area contributed by atoms with E-state index in [9.17, 15) is 14.4 Å². The number of para-hydroxylation sites is 1. The Hall–Kier alpha value is -4.24. The number of esters is 1. The number of nitrogens with zero attached hydrogens (tertiary/aromatic N) is 1. The predicted octanol–water partition coefficient (Wildman–Crippen LogP) is 4.27. The average Bonchev–Trinajstić information content (AvgIpc) is 3.58. The first kappa shape index (κ1) is 21.6. The molecule has 1 aliphatic rings. The van der Waals surface area contributed by atoms with E-state index in [0.29, 0.717) is 40.1 Å². The summed E-state index contributed by atoms with van der Waals surface area (Å²) in [7, 11) is 0. The van der Waals surface area contributed by atoms with Crippen molar-refractivity contribution < 1.29 is 23.5 Å². The van der Waals surface area contributed by atoms with Gasteiger partial charge in [-0.2, -0.15) is 0 Å². The van der Waals surface area contributed by atoms with Crippen molar-refractivity contribution in [2.24, 2.45) is 5.73 Å². The summed E-state index contributed by atoms with van der Waals surface area (Å²) in [6.45, 7) is -0.505. The third-order valence-corrected chi connectivity index (χ3v) is 6.35. The van der Waals surface area contributed by atoms with Crippen LogP contribution in [0.25, 0.3) is 22.6 Å². The number of hydrogen-bond donors (Lipinski definition) is 2. The summed E-state index contributed by atoms with van der Waals surface area (Å²) in [6.07, 6.45) is 4.85. The first-order valence-corrected chi connectivity index (χ1v) is 11.4. The van der Waals surface area contributed by atoms with E-state index in [2.05, 4.69) is 5.32 Å². The predicted molar refractivity (Wildman–Crippen MR) is 128 cm³/mol. The second kappa shape index (κ2) is 8.95. The minimum absolute atomic E-state index is 0.207. The van der Waals surface area contributed by atoms with Gasteiger partial charge < -0.3 is 20.2 Å². The number of fused-ring (bicyclic) bond motifs is 2. The van der Waals surface area contributed by atoms with Gasteiger partial charge in [-0.05, 0) is 59.7 Å². The third-order valence-electron chi connectivity index (χ3n) is 5.52. The topological polar surface area (TPSA) is 125 Å². The molecule has 2 amide bonds. The first-order valence-electron chi connectivity index (χ1n) is 10.5. The Kier molecular flexibility index (Phi) is 5.69. The zero-order valence-corrected chi connectivity index (χ0v) is 18.7. The fourth-order valence-electron chi connectivity index (χ4n) is 4.02. The molecule has 8 nitrogen and oxygen atoms in total. The van der Waals surface area contributed by atoms with E-state index in [0.717, 1.165) is 28.2 Å². The number of aromatic nitrogens is 1.